The minimum atomic E-state index is -0.555. The van der Waals surface area contributed by atoms with E-state index in [9.17, 15) is 9.90 Å². The van der Waals surface area contributed by atoms with Gasteiger partial charge in [-0.3, -0.25) is 4.79 Å². The zero-order valence-corrected chi connectivity index (χ0v) is 12.2. The number of carbonyl (C=O) groups is 1. The smallest absolute Gasteiger partial charge is 0.228 e. The molecule has 0 saturated carbocycles. The van der Waals surface area contributed by atoms with Crippen LogP contribution in [-0.2, 0) is 11.2 Å². The van der Waals surface area contributed by atoms with Crippen molar-refractivity contribution in [3.63, 3.8) is 0 Å². The van der Waals surface area contributed by atoms with Crippen LogP contribution in [-0.4, -0.2) is 18.1 Å². The fourth-order valence-corrected chi connectivity index (χ4v) is 2.05. The molecule has 0 spiro atoms. The molecule has 0 aliphatic carbocycles. The van der Waals surface area contributed by atoms with Crippen molar-refractivity contribution in [3.05, 3.63) is 59.7 Å². The average molecular weight is 285 g/mol. The lowest BCUT2D eigenvalue weighted by Crippen LogP contribution is -2.14. The van der Waals surface area contributed by atoms with Crippen molar-refractivity contribution >= 4 is 11.6 Å². The maximum Gasteiger partial charge on any atom is 0.228 e. The van der Waals surface area contributed by atoms with Crippen LogP contribution in [0.15, 0.2) is 48.5 Å². The predicted molar refractivity (Wildman–Crippen MR) is 82.4 cm³/mol. The van der Waals surface area contributed by atoms with Gasteiger partial charge in [0.2, 0.25) is 5.91 Å². The van der Waals surface area contributed by atoms with Gasteiger partial charge < -0.3 is 15.2 Å². The zero-order chi connectivity index (χ0) is 15.2. The van der Waals surface area contributed by atoms with E-state index in [-0.39, 0.29) is 12.3 Å². The van der Waals surface area contributed by atoms with Crippen LogP contribution in [0.25, 0.3) is 0 Å². The van der Waals surface area contributed by atoms with Crippen LogP contribution < -0.4 is 10.1 Å². The van der Waals surface area contributed by atoms with Crippen LogP contribution in [0.3, 0.4) is 0 Å². The van der Waals surface area contributed by atoms with Crippen molar-refractivity contribution in [2.75, 3.05) is 12.4 Å². The normalized spacial score (nSPS) is 11.8. The molecule has 0 fully saturated rings. The van der Waals surface area contributed by atoms with E-state index in [0.717, 1.165) is 16.9 Å². The summed E-state index contributed by atoms with van der Waals surface area (Å²) in [7, 11) is 1.60. The summed E-state index contributed by atoms with van der Waals surface area (Å²) in [5.41, 5.74) is 2.34. The fraction of sp³-hybridized carbons (Fsp3) is 0.235. The lowest BCUT2D eigenvalue weighted by Gasteiger charge is -2.09. The highest BCUT2D eigenvalue weighted by atomic mass is 16.5. The average Bonchev–Trinajstić information content (AvgIpc) is 2.47. The minimum Gasteiger partial charge on any atom is -0.497 e. The van der Waals surface area contributed by atoms with E-state index < -0.39 is 6.10 Å². The molecule has 2 rings (SSSR count). The Balaban J connectivity index is 2.02. The van der Waals surface area contributed by atoms with Gasteiger partial charge in [-0.1, -0.05) is 24.3 Å². The number of hydrogen-bond acceptors (Lipinski definition) is 3. The van der Waals surface area contributed by atoms with E-state index >= 15 is 0 Å². The highest BCUT2D eigenvalue weighted by molar-refractivity contribution is 5.92. The summed E-state index contributed by atoms with van der Waals surface area (Å²) in [5.74, 6) is 0.627. The molecule has 0 heterocycles. The minimum absolute atomic E-state index is 0.106. The van der Waals surface area contributed by atoms with Crippen molar-refractivity contribution in [1.29, 1.82) is 0 Å². The van der Waals surface area contributed by atoms with Crippen LogP contribution in [0.2, 0.25) is 0 Å². The first-order chi connectivity index (χ1) is 10.1. The Hall–Kier alpha value is -2.33. The van der Waals surface area contributed by atoms with Crippen LogP contribution in [0, 0.1) is 0 Å². The van der Waals surface area contributed by atoms with E-state index in [0.29, 0.717) is 5.69 Å². The van der Waals surface area contributed by atoms with Crippen molar-refractivity contribution in [2.24, 2.45) is 0 Å². The Kier molecular flexibility index (Phi) is 4.95. The summed E-state index contributed by atoms with van der Waals surface area (Å²) in [4.78, 5) is 12.0. The van der Waals surface area contributed by atoms with Gasteiger partial charge in [0.05, 0.1) is 19.6 Å². The van der Waals surface area contributed by atoms with Crippen molar-refractivity contribution in [3.8, 4) is 5.75 Å². The molecule has 4 heteroatoms. The van der Waals surface area contributed by atoms with Crippen LogP contribution in [0.1, 0.15) is 24.2 Å². The molecule has 2 aromatic carbocycles. The first kappa shape index (κ1) is 15.1. The third-order valence-corrected chi connectivity index (χ3v) is 3.15. The Bertz CT molecular complexity index is 623. The lowest BCUT2D eigenvalue weighted by atomic mass is 10.1. The lowest BCUT2D eigenvalue weighted by molar-refractivity contribution is -0.115. The van der Waals surface area contributed by atoms with Crippen molar-refractivity contribution in [2.45, 2.75) is 19.4 Å². The molecule has 1 amide bonds. The zero-order valence-electron chi connectivity index (χ0n) is 12.2. The summed E-state index contributed by atoms with van der Waals surface area (Å²) in [5, 5.41) is 12.4. The molecular formula is C17H19NO3. The van der Waals surface area contributed by atoms with Gasteiger partial charge in [0.1, 0.15) is 5.75 Å². The molecule has 21 heavy (non-hydrogen) atoms. The second-order valence-electron chi connectivity index (χ2n) is 4.88. The topological polar surface area (TPSA) is 58.6 Å². The molecule has 2 N–H and O–H groups in total. The maximum absolute atomic E-state index is 12.0. The fourth-order valence-electron chi connectivity index (χ4n) is 2.05. The largest absolute Gasteiger partial charge is 0.497 e. The molecule has 0 aliphatic heterocycles. The van der Waals surface area contributed by atoms with Gasteiger partial charge in [0.15, 0.2) is 0 Å². The number of methoxy groups -OCH3 is 1. The molecule has 0 saturated heterocycles. The number of benzene rings is 2. The molecule has 4 nitrogen and oxygen atoms in total. The number of amides is 1. The molecule has 1 atom stereocenters. The van der Waals surface area contributed by atoms with Gasteiger partial charge in [0, 0.05) is 5.69 Å². The van der Waals surface area contributed by atoms with E-state index in [1.807, 2.05) is 36.4 Å². The number of ether oxygens (including phenoxy) is 1. The second kappa shape index (κ2) is 6.90. The number of hydrogen-bond donors (Lipinski definition) is 2. The molecule has 1 unspecified atom stereocenters. The Morgan fingerprint density at radius 2 is 2.00 bits per heavy atom. The van der Waals surface area contributed by atoms with Crippen molar-refractivity contribution in [1.82, 2.24) is 0 Å². The highest BCUT2D eigenvalue weighted by Gasteiger charge is 2.07. The van der Waals surface area contributed by atoms with Gasteiger partial charge in [-0.2, -0.15) is 0 Å². The summed E-state index contributed by atoms with van der Waals surface area (Å²) >= 11 is 0. The van der Waals surface area contributed by atoms with Gasteiger partial charge >= 0.3 is 0 Å². The van der Waals surface area contributed by atoms with E-state index in [4.69, 9.17) is 4.74 Å². The highest BCUT2D eigenvalue weighted by Crippen LogP contribution is 2.18. The van der Waals surface area contributed by atoms with E-state index in [1.54, 1.807) is 26.2 Å². The van der Waals surface area contributed by atoms with Gasteiger partial charge in [-0.15, -0.1) is 0 Å². The molecule has 110 valence electrons. The second-order valence-corrected chi connectivity index (χ2v) is 4.88. The Morgan fingerprint density at radius 1 is 1.24 bits per heavy atom. The SMILES string of the molecule is COc1cccc(CC(=O)Nc2cccc(C(C)O)c2)c1. The van der Waals surface area contributed by atoms with Crippen LogP contribution in [0.4, 0.5) is 5.69 Å². The quantitative estimate of drug-likeness (QED) is 0.888. The first-order valence-corrected chi connectivity index (χ1v) is 6.79. The summed E-state index contributed by atoms with van der Waals surface area (Å²) in [6, 6.07) is 14.6. The van der Waals surface area contributed by atoms with Gasteiger partial charge in [0.25, 0.3) is 0 Å². The maximum atomic E-state index is 12.0. The molecule has 0 aliphatic rings. The first-order valence-electron chi connectivity index (χ1n) is 6.79. The summed E-state index contributed by atoms with van der Waals surface area (Å²) < 4.78 is 5.14. The van der Waals surface area contributed by atoms with Crippen LogP contribution >= 0.6 is 0 Å². The molecule has 2 aromatic rings. The standard InChI is InChI=1S/C17H19NO3/c1-12(19)14-6-4-7-15(11-14)18-17(20)10-13-5-3-8-16(9-13)21-2/h3-9,11-12,19H,10H2,1-2H3,(H,18,20). The molecule has 0 bridgehead atoms. The molecule has 0 aromatic heterocycles. The number of rotatable bonds is 5. The number of carbonyl (C=O) groups excluding carboxylic acids is 1. The molecule has 0 radical (unpaired) electrons. The van der Waals surface area contributed by atoms with E-state index in [2.05, 4.69) is 5.32 Å². The van der Waals surface area contributed by atoms with Gasteiger partial charge in [-0.25, -0.2) is 0 Å². The Morgan fingerprint density at radius 3 is 2.71 bits per heavy atom. The predicted octanol–water partition coefficient (Wildman–Crippen LogP) is 2.93. The molecular weight excluding hydrogens is 266 g/mol. The number of anilines is 1. The van der Waals surface area contributed by atoms with E-state index in [1.165, 1.54) is 0 Å². The van der Waals surface area contributed by atoms with Crippen molar-refractivity contribution < 1.29 is 14.6 Å². The summed E-state index contributed by atoms with van der Waals surface area (Å²) in [6.07, 6.45) is -0.281. The number of aliphatic hydroxyl groups excluding tert-OH is 1. The summed E-state index contributed by atoms with van der Waals surface area (Å²) in [6.45, 7) is 1.69. The Labute approximate surface area is 124 Å². The monoisotopic (exact) mass is 285 g/mol. The van der Waals surface area contributed by atoms with Gasteiger partial charge in [-0.05, 0) is 42.3 Å². The third kappa shape index (κ3) is 4.33. The number of nitrogens with one attached hydrogen (secondary N) is 1. The number of aliphatic hydroxyl groups is 1. The third-order valence-electron chi connectivity index (χ3n) is 3.15. The van der Waals surface area contributed by atoms with Crippen LogP contribution in [0.5, 0.6) is 5.75 Å².